The molecule has 0 spiro atoms. The zero-order valence-electron chi connectivity index (χ0n) is 14.0. The zero-order chi connectivity index (χ0) is 17.1. The first-order valence-electron chi connectivity index (χ1n) is 7.82. The number of hydrogen-bond acceptors (Lipinski definition) is 4. The van der Waals surface area contributed by atoms with Crippen LogP contribution in [0.15, 0.2) is 47.6 Å². The van der Waals surface area contributed by atoms with Gasteiger partial charge in [-0.2, -0.15) is 0 Å². The van der Waals surface area contributed by atoms with Crippen LogP contribution in [-0.2, 0) is 9.63 Å². The molecular formula is C19H20N2O3. The third-order valence-corrected chi connectivity index (χ3v) is 4.16. The summed E-state index contributed by atoms with van der Waals surface area (Å²) in [5, 5.41) is 6.94. The van der Waals surface area contributed by atoms with E-state index in [0.717, 1.165) is 28.3 Å². The molecule has 0 bridgehead atoms. The van der Waals surface area contributed by atoms with E-state index in [4.69, 9.17) is 9.57 Å². The van der Waals surface area contributed by atoms with Gasteiger partial charge in [-0.3, -0.25) is 4.79 Å². The lowest BCUT2D eigenvalue weighted by atomic mass is 10.0. The molecule has 0 saturated heterocycles. The van der Waals surface area contributed by atoms with Crippen LogP contribution in [0.1, 0.15) is 23.1 Å². The van der Waals surface area contributed by atoms with E-state index in [2.05, 4.69) is 10.5 Å². The quantitative estimate of drug-likeness (QED) is 0.937. The van der Waals surface area contributed by atoms with Gasteiger partial charge in [0.15, 0.2) is 0 Å². The van der Waals surface area contributed by atoms with Crippen LogP contribution in [0.3, 0.4) is 0 Å². The van der Waals surface area contributed by atoms with Crippen molar-refractivity contribution in [3.8, 4) is 5.75 Å². The highest BCUT2D eigenvalue weighted by atomic mass is 16.6. The van der Waals surface area contributed by atoms with Gasteiger partial charge in [-0.15, -0.1) is 0 Å². The number of nitrogens with zero attached hydrogens (tertiary/aromatic N) is 1. The number of oxime groups is 1. The number of carbonyl (C=O) groups excluding carboxylic acids is 1. The number of nitrogens with one attached hydrogen (secondary N) is 1. The van der Waals surface area contributed by atoms with E-state index in [1.165, 1.54) is 5.56 Å². The summed E-state index contributed by atoms with van der Waals surface area (Å²) in [7, 11) is 1.62. The highest BCUT2D eigenvalue weighted by molar-refractivity contribution is 6.06. The monoisotopic (exact) mass is 324 g/mol. The number of aryl methyl sites for hydroxylation is 2. The summed E-state index contributed by atoms with van der Waals surface area (Å²) in [5.41, 5.74) is 4.78. The van der Waals surface area contributed by atoms with E-state index in [1.54, 1.807) is 7.11 Å². The van der Waals surface area contributed by atoms with Crippen molar-refractivity contribution in [1.29, 1.82) is 0 Å². The SMILES string of the molecule is COc1ccc(C2=NOC(C(=O)Nc3ccc(C)c(C)c3)C2)cc1. The number of amides is 1. The topological polar surface area (TPSA) is 59.9 Å². The minimum atomic E-state index is -0.608. The average Bonchev–Trinajstić information content (AvgIpc) is 3.08. The Labute approximate surface area is 141 Å². The van der Waals surface area contributed by atoms with Crippen LogP contribution in [-0.4, -0.2) is 24.8 Å². The number of anilines is 1. The van der Waals surface area contributed by atoms with Crippen LogP contribution in [0.25, 0.3) is 0 Å². The molecule has 0 fully saturated rings. The van der Waals surface area contributed by atoms with Crippen LogP contribution in [0, 0.1) is 13.8 Å². The molecule has 2 aromatic rings. The van der Waals surface area contributed by atoms with Crippen LogP contribution in [0.2, 0.25) is 0 Å². The van der Waals surface area contributed by atoms with Gasteiger partial charge in [0.1, 0.15) is 5.75 Å². The minimum Gasteiger partial charge on any atom is -0.497 e. The van der Waals surface area contributed by atoms with Crippen LogP contribution >= 0.6 is 0 Å². The lowest BCUT2D eigenvalue weighted by Gasteiger charge is -2.11. The average molecular weight is 324 g/mol. The van der Waals surface area contributed by atoms with Gasteiger partial charge in [0.05, 0.1) is 12.8 Å². The van der Waals surface area contributed by atoms with Crippen LogP contribution in [0.4, 0.5) is 5.69 Å². The van der Waals surface area contributed by atoms with Crippen molar-refractivity contribution < 1.29 is 14.4 Å². The Kier molecular flexibility index (Phi) is 4.51. The van der Waals surface area contributed by atoms with E-state index in [9.17, 15) is 4.79 Å². The van der Waals surface area contributed by atoms with E-state index in [1.807, 2.05) is 56.3 Å². The summed E-state index contributed by atoms with van der Waals surface area (Å²) in [6.07, 6.45) is -0.160. The van der Waals surface area contributed by atoms with Crippen molar-refractivity contribution in [2.45, 2.75) is 26.4 Å². The molecule has 0 aliphatic carbocycles. The van der Waals surface area contributed by atoms with Crippen LogP contribution in [0.5, 0.6) is 5.75 Å². The van der Waals surface area contributed by atoms with Gasteiger partial charge in [0.2, 0.25) is 6.10 Å². The molecule has 1 aliphatic heterocycles. The maximum Gasteiger partial charge on any atom is 0.268 e. The van der Waals surface area contributed by atoms with Crippen molar-refractivity contribution in [1.82, 2.24) is 0 Å². The van der Waals surface area contributed by atoms with Crippen molar-refractivity contribution in [3.05, 3.63) is 59.2 Å². The largest absolute Gasteiger partial charge is 0.497 e. The summed E-state index contributed by atoms with van der Waals surface area (Å²) in [6.45, 7) is 4.05. The molecule has 1 N–H and O–H groups in total. The zero-order valence-corrected chi connectivity index (χ0v) is 14.0. The third kappa shape index (κ3) is 3.40. The summed E-state index contributed by atoms with van der Waals surface area (Å²) in [4.78, 5) is 17.7. The molecule has 0 saturated carbocycles. The Bertz CT molecular complexity index is 782. The summed E-state index contributed by atoms with van der Waals surface area (Å²) >= 11 is 0. The van der Waals surface area contributed by atoms with E-state index in [-0.39, 0.29) is 5.91 Å². The van der Waals surface area contributed by atoms with Gasteiger partial charge < -0.3 is 14.9 Å². The van der Waals surface area contributed by atoms with Crippen LogP contribution < -0.4 is 10.1 Å². The molecule has 1 aliphatic rings. The highest BCUT2D eigenvalue weighted by Gasteiger charge is 2.29. The van der Waals surface area contributed by atoms with Gasteiger partial charge in [-0.1, -0.05) is 11.2 Å². The van der Waals surface area contributed by atoms with E-state index < -0.39 is 6.10 Å². The number of methoxy groups -OCH3 is 1. The lowest BCUT2D eigenvalue weighted by molar-refractivity contribution is -0.125. The Morgan fingerprint density at radius 3 is 2.58 bits per heavy atom. The summed E-state index contributed by atoms with van der Waals surface area (Å²) in [5.74, 6) is 0.591. The first kappa shape index (κ1) is 16.1. The lowest BCUT2D eigenvalue weighted by Crippen LogP contribution is -2.28. The van der Waals surface area contributed by atoms with Crippen molar-refractivity contribution in [3.63, 3.8) is 0 Å². The van der Waals surface area contributed by atoms with Gasteiger partial charge in [0, 0.05) is 12.1 Å². The van der Waals surface area contributed by atoms with E-state index >= 15 is 0 Å². The second kappa shape index (κ2) is 6.74. The smallest absolute Gasteiger partial charge is 0.268 e. The van der Waals surface area contributed by atoms with E-state index in [0.29, 0.717) is 6.42 Å². The Balaban J connectivity index is 1.63. The van der Waals surface area contributed by atoms with Gasteiger partial charge >= 0.3 is 0 Å². The molecule has 1 amide bonds. The number of benzene rings is 2. The maximum absolute atomic E-state index is 12.4. The standard InChI is InChI=1S/C19H20N2O3/c1-12-4-7-15(10-13(12)2)20-19(22)18-11-17(21-24-18)14-5-8-16(23-3)9-6-14/h4-10,18H,11H2,1-3H3,(H,20,22). The first-order chi connectivity index (χ1) is 11.6. The predicted octanol–water partition coefficient (Wildman–Crippen LogP) is 3.44. The molecule has 5 nitrogen and oxygen atoms in total. The maximum atomic E-state index is 12.4. The van der Waals surface area contributed by atoms with Gasteiger partial charge in [-0.25, -0.2) is 0 Å². The second-order valence-corrected chi connectivity index (χ2v) is 5.85. The van der Waals surface area contributed by atoms with Crippen molar-refractivity contribution in [2.24, 2.45) is 5.16 Å². The van der Waals surface area contributed by atoms with Gasteiger partial charge in [-0.05, 0) is 66.9 Å². The number of rotatable bonds is 4. The normalized spacial score (nSPS) is 16.3. The van der Waals surface area contributed by atoms with Crippen molar-refractivity contribution in [2.75, 3.05) is 12.4 Å². The molecule has 1 unspecified atom stereocenters. The molecule has 3 rings (SSSR count). The fourth-order valence-electron chi connectivity index (χ4n) is 2.51. The number of hydrogen-bond donors (Lipinski definition) is 1. The summed E-state index contributed by atoms with van der Waals surface area (Å²) in [6, 6.07) is 13.4. The molecule has 5 heteroatoms. The molecule has 0 radical (unpaired) electrons. The van der Waals surface area contributed by atoms with Gasteiger partial charge in [0.25, 0.3) is 5.91 Å². The molecule has 0 aromatic heterocycles. The predicted molar refractivity (Wildman–Crippen MR) is 93.6 cm³/mol. The van der Waals surface area contributed by atoms with Crippen molar-refractivity contribution >= 4 is 17.3 Å². The Morgan fingerprint density at radius 2 is 1.92 bits per heavy atom. The Morgan fingerprint density at radius 1 is 1.17 bits per heavy atom. The molecule has 24 heavy (non-hydrogen) atoms. The third-order valence-electron chi connectivity index (χ3n) is 4.16. The highest BCUT2D eigenvalue weighted by Crippen LogP contribution is 2.21. The summed E-state index contributed by atoms with van der Waals surface area (Å²) < 4.78 is 5.14. The second-order valence-electron chi connectivity index (χ2n) is 5.85. The Hall–Kier alpha value is -2.82. The fourth-order valence-corrected chi connectivity index (χ4v) is 2.51. The molecular weight excluding hydrogens is 304 g/mol. The molecule has 1 heterocycles. The number of ether oxygens (including phenoxy) is 1. The minimum absolute atomic E-state index is 0.189. The fraction of sp³-hybridized carbons (Fsp3) is 0.263. The first-order valence-corrected chi connectivity index (χ1v) is 7.82. The molecule has 1 atom stereocenters. The number of carbonyl (C=O) groups is 1. The molecule has 2 aromatic carbocycles. The molecule has 124 valence electrons.